The number of nitrogens with one attached hydrogen (secondary N) is 1. The zero-order chi connectivity index (χ0) is 15.0. The van der Waals surface area contributed by atoms with Crippen molar-refractivity contribution in [2.24, 2.45) is 0 Å². The highest BCUT2D eigenvalue weighted by Gasteiger charge is 2.52. The molecule has 5 nitrogen and oxygen atoms in total. The van der Waals surface area contributed by atoms with Crippen LogP contribution in [0.4, 0.5) is 5.69 Å². The van der Waals surface area contributed by atoms with Crippen LogP contribution in [0.2, 0.25) is 0 Å². The van der Waals surface area contributed by atoms with Crippen molar-refractivity contribution in [2.45, 2.75) is 31.6 Å². The fraction of sp³-hybridized carbons (Fsp3) is 0.500. The summed E-state index contributed by atoms with van der Waals surface area (Å²) in [7, 11) is 1.62. The third kappa shape index (κ3) is 2.07. The highest BCUT2D eigenvalue weighted by molar-refractivity contribution is 6.07. The van der Waals surface area contributed by atoms with Crippen molar-refractivity contribution in [2.75, 3.05) is 25.5 Å². The number of methoxy groups -OCH3 is 1. The number of benzene rings is 1. The summed E-state index contributed by atoms with van der Waals surface area (Å²) in [6.45, 7) is 3.10. The normalized spacial score (nSPS) is 23.3. The average Bonchev–Trinajstić information content (AvgIpc) is 3.04. The smallest absolute Gasteiger partial charge is 0.237 e. The summed E-state index contributed by atoms with van der Waals surface area (Å²) in [5.74, 6) is 0.874. The number of ether oxygens (including phenoxy) is 1. The van der Waals surface area contributed by atoms with Crippen molar-refractivity contribution >= 4 is 17.5 Å². The molecule has 1 saturated heterocycles. The highest BCUT2D eigenvalue weighted by Crippen LogP contribution is 2.45. The van der Waals surface area contributed by atoms with E-state index in [-0.39, 0.29) is 11.8 Å². The van der Waals surface area contributed by atoms with Gasteiger partial charge in [-0.2, -0.15) is 0 Å². The number of likely N-dealkylation sites (tertiary alicyclic amines) is 1. The standard InChI is InChI=1S/C16H20N2O3/c1-3-4-14(19)18-8-7-16(10-18)12-9-11(21-2)5-6-13(12)17-15(16)20/h5-6,9H,3-4,7-8,10H2,1-2H3,(H,17,20). The maximum Gasteiger partial charge on any atom is 0.237 e. The molecule has 2 heterocycles. The van der Waals surface area contributed by atoms with E-state index in [0.29, 0.717) is 25.9 Å². The van der Waals surface area contributed by atoms with E-state index in [4.69, 9.17) is 4.74 Å². The van der Waals surface area contributed by atoms with Crippen LogP contribution in [0, 0.1) is 0 Å². The van der Waals surface area contributed by atoms with E-state index in [9.17, 15) is 9.59 Å². The number of hydrogen-bond donors (Lipinski definition) is 1. The van der Waals surface area contributed by atoms with Gasteiger partial charge in [0.1, 0.15) is 5.75 Å². The molecule has 0 aromatic heterocycles. The number of hydrogen-bond acceptors (Lipinski definition) is 3. The van der Waals surface area contributed by atoms with Crippen LogP contribution in [-0.2, 0) is 15.0 Å². The molecule has 2 amide bonds. The molecule has 5 heteroatoms. The Bertz CT molecular complexity index is 599. The quantitative estimate of drug-likeness (QED) is 0.924. The van der Waals surface area contributed by atoms with Crippen molar-refractivity contribution in [3.63, 3.8) is 0 Å². The van der Waals surface area contributed by atoms with E-state index in [1.807, 2.05) is 30.0 Å². The summed E-state index contributed by atoms with van der Waals surface area (Å²) >= 11 is 0. The molecule has 1 aromatic carbocycles. The van der Waals surface area contributed by atoms with Gasteiger partial charge in [0.25, 0.3) is 0 Å². The lowest BCUT2D eigenvalue weighted by Crippen LogP contribution is -2.39. The first-order valence-corrected chi connectivity index (χ1v) is 7.38. The molecule has 112 valence electrons. The summed E-state index contributed by atoms with van der Waals surface area (Å²) in [5.41, 5.74) is 1.19. The predicted molar refractivity (Wildman–Crippen MR) is 79.4 cm³/mol. The Labute approximate surface area is 124 Å². The molecule has 0 saturated carbocycles. The van der Waals surface area contributed by atoms with Gasteiger partial charge in [0.15, 0.2) is 0 Å². The third-order valence-corrected chi connectivity index (χ3v) is 4.51. The molecule has 2 aliphatic rings. The molecular formula is C16H20N2O3. The van der Waals surface area contributed by atoms with Gasteiger partial charge in [-0.3, -0.25) is 9.59 Å². The van der Waals surface area contributed by atoms with Gasteiger partial charge in [-0.1, -0.05) is 6.92 Å². The maximum atomic E-state index is 12.5. The second kappa shape index (κ2) is 5.06. The number of anilines is 1. The van der Waals surface area contributed by atoms with Crippen molar-refractivity contribution in [1.29, 1.82) is 0 Å². The number of nitrogens with zero attached hydrogens (tertiary/aromatic N) is 1. The fourth-order valence-electron chi connectivity index (χ4n) is 3.32. The van der Waals surface area contributed by atoms with Gasteiger partial charge in [0.2, 0.25) is 11.8 Å². The first kappa shape index (κ1) is 13.9. The number of carbonyl (C=O) groups is 2. The topological polar surface area (TPSA) is 58.6 Å². The Hall–Kier alpha value is -2.04. The number of rotatable bonds is 3. The van der Waals surface area contributed by atoms with Gasteiger partial charge >= 0.3 is 0 Å². The van der Waals surface area contributed by atoms with Gasteiger partial charge in [-0.05, 0) is 36.6 Å². The summed E-state index contributed by atoms with van der Waals surface area (Å²) in [4.78, 5) is 26.4. The number of fused-ring (bicyclic) bond motifs is 2. The molecule has 1 fully saturated rings. The van der Waals surface area contributed by atoms with Crippen LogP contribution in [0.25, 0.3) is 0 Å². The van der Waals surface area contributed by atoms with Crippen molar-refractivity contribution in [3.8, 4) is 5.75 Å². The lowest BCUT2D eigenvalue weighted by atomic mass is 9.81. The van der Waals surface area contributed by atoms with E-state index in [1.54, 1.807) is 7.11 Å². The highest BCUT2D eigenvalue weighted by atomic mass is 16.5. The maximum absolute atomic E-state index is 12.5. The number of carbonyl (C=O) groups excluding carboxylic acids is 2. The monoisotopic (exact) mass is 288 g/mol. The SMILES string of the molecule is CCCC(=O)N1CCC2(C1)C(=O)Nc1ccc(OC)cc12. The molecule has 1 N–H and O–H groups in total. The van der Waals surface area contributed by atoms with Gasteiger partial charge in [-0.15, -0.1) is 0 Å². The van der Waals surface area contributed by atoms with Crippen LogP contribution in [0.15, 0.2) is 18.2 Å². The molecule has 21 heavy (non-hydrogen) atoms. The van der Waals surface area contributed by atoms with Crippen molar-refractivity contribution in [3.05, 3.63) is 23.8 Å². The minimum Gasteiger partial charge on any atom is -0.497 e. The largest absolute Gasteiger partial charge is 0.497 e. The van der Waals surface area contributed by atoms with Crippen LogP contribution < -0.4 is 10.1 Å². The first-order chi connectivity index (χ1) is 10.1. The van der Waals surface area contributed by atoms with Crippen LogP contribution in [0.1, 0.15) is 31.7 Å². The second-order valence-corrected chi connectivity index (χ2v) is 5.76. The van der Waals surface area contributed by atoms with Crippen LogP contribution in [0.3, 0.4) is 0 Å². The van der Waals surface area contributed by atoms with Gasteiger partial charge in [0.05, 0.1) is 12.5 Å². The van der Waals surface area contributed by atoms with Gasteiger partial charge in [-0.25, -0.2) is 0 Å². The third-order valence-electron chi connectivity index (χ3n) is 4.51. The Morgan fingerprint density at radius 1 is 1.48 bits per heavy atom. The van der Waals surface area contributed by atoms with Crippen LogP contribution in [0.5, 0.6) is 5.75 Å². The minimum atomic E-state index is -0.604. The zero-order valence-corrected chi connectivity index (χ0v) is 12.4. The zero-order valence-electron chi connectivity index (χ0n) is 12.4. The lowest BCUT2D eigenvalue weighted by molar-refractivity contribution is -0.130. The molecule has 1 unspecified atom stereocenters. The van der Waals surface area contributed by atoms with E-state index in [1.165, 1.54) is 0 Å². The van der Waals surface area contributed by atoms with E-state index in [0.717, 1.165) is 23.4 Å². The average molecular weight is 288 g/mol. The number of amides is 2. The van der Waals surface area contributed by atoms with E-state index < -0.39 is 5.41 Å². The van der Waals surface area contributed by atoms with Gasteiger partial charge < -0.3 is 15.0 Å². The molecule has 2 aliphatic heterocycles. The van der Waals surface area contributed by atoms with E-state index in [2.05, 4.69) is 5.32 Å². The molecule has 1 spiro atoms. The van der Waals surface area contributed by atoms with Crippen molar-refractivity contribution < 1.29 is 14.3 Å². The summed E-state index contributed by atoms with van der Waals surface area (Å²) in [6.07, 6.45) is 2.05. The minimum absolute atomic E-state index is 0.00227. The molecule has 1 aromatic rings. The van der Waals surface area contributed by atoms with Gasteiger partial charge in [0, 0.05) is 25.2 Å². The summed E-state index contributed by atoms with van der Waals surface area (Å²) in [6, 6.07) is 5.63. The fourth-order valence-corrected chi connectivity index (χ4v) is 3.32. The molecule has 0 radical (unpaired) electrons. The Morgan fingerprint density at radius 3 is 3.00 bits per heavy atom. The second-order valence-electron chi connectivity index (χ2n) is 5.76. The van der Waals surface area contributed by atoms with E-state index >= 15 is 0 Å². The van der Waals surface area contributed by atoms with Crippen molar-refractivity contribution in [1.82, 2.24) is 4.90 Å². The molecule has 1 atom stereocenters. The summed E-state index contributed by atoms with van der Waals surface area (Å²) in [5, 5.41) is 2.94. The molecule has 0 bridgehead atoms. The molecule has 3 rings (SSSR count). The van der Waals surface area contributed by atoms with Crippen LogP contribution in [-0.4, -0.2) is 36.9 Å². The summed E-state index contributed by atoms with van der Waals surface area (Å²) < 4.78 is 5.27. The Morgan fingerprint density at radius 2 is 2.29 bits per heavy atom. The molecule has 0 aliphatic carbocycles. The lowest BCUT2D eigenvalue weighted by Gasteiger charge is -2.22. The molecular weight excluding hydrogens is 268 g/mol. The van der Waals surface area contributed by atoms with Crippen LogP contribution >= 0.6 is 0 Å². The Kier molecular flexibility index (Phi) is 3.35. The predicted octanol–water partition coefficient (Wildman–Crippen LogP) is 1.92. The Balaban J connectivity index is 1.93. The first-order valence-electron chi connectivity index (χ1n) is 7.38.